The SMILES string of the molecule is Cc1c(C(=O)C(=O)Nc2cccc(F)c2)c2ccccc2n1C. The van der Waals surface area contributed by atoms with Gasteiger partial charge in [0.25, 0.3) is 11.7 Å². The van der Waals surface area contributed by atoms with Crippen molar-refractivity contribution in [3.8, 4) is 0 Å². The minimum absolute atomic E-state index is 0.251. The lowest BCUT2D eigenvalue weighted by Gasteiger charge is -2.05. The Balaban J connectivity index is 1.97. The van der Waals surface area contributed by atoms with Crippen LogP contribution in [0.4, 0.5) is 10.1 Å². The maximum absolute atomic E-state index is 13.2. The van der Waals surface area contributed by atoms with Crippen LogP contribution < -0.4 is 5.32 Å². The molecular weight excluding hydrogens is 295 g/mol. The topological polar surface area (TPSA) is 51.1 Å². The molecule has 3 rings (SSSR count). The highest BCUT2D eigenvalue weighted by atomic mass is 19.1. The third-order valence-electron chi connectivity index (χ3n) is 3.92. The number of aryl methyl sites for hydroxylation is 1. The van der Waals surface area contributed by atoms with E-state index in [1.54, 1.807) is 6.92 Å². The van der Waals surface area contributed by atoms with Gasteiger partial charge in [0.2, 0.25) is 0 Å². The first-order valence-corrected chi connectivity index (χ1v) is 7.14. The van der Waals surface area contributed by atoms with Gasteiger partial charge in [-0.1, -0.05) is 24.3 Å². The average molecular weight is 310 g/mol. The molecule has 0 saturated carbocycles. The van der Waals surface area contributed by atoms with E-state index in [9.17, 15) is 14.0 Å². The summed E-state index contributed by atoms with van der Waals surface area (Å²) < 4.78 is 15.1. The van der Waals surface area contributed by atoms with Gasteiger partial charge < -0.3 is 9.88 Å². The van der Waals surface area contributed by atoms with Crippen molar-refractivity contribution in [1.29, 1.82) is 0 Å². The Labute approximate surface area is 132 Å². The Morgan fingerprint density at radius 2 is 1.83 bits per heavy atom. The highest BCUT2D eigenvalue weighted by Gasteiger charge is 2.24. The van der Waals surface area contributed by atoms with E-state index in [1.807, 2.05) is 35.9 Å². The first-order valence-electron chi connectivity index (χ1n) is 7.14. The molecule has 1 N–H and O–H groups in total. The van der Waals surface area contributed by atoms with Gasteiger partial charge in [-0.2, -0.15) is 0 Å². The summed E-state index contributed by atoms with van der Waals surface area (Å²) in [6, 6.07) is 12.8. The third-order valence-corrected chi connectivity index (χ3v) is 3.92. The van der Waals surface area contributed by atoms with Gasteiger partial charge in [-0.05, 0) is 31.2 Å². The average Bonchev–Trinajstić information content (AvgIpc) is 2.79. The second kappa shape index (κ2) is 5.68. The molecule has 0 aliphatic rings. The molecule has 0 radical (unpaired) electrons. The van der Waals surface area contributed by atoms with Gasteiger partial charge in [0.05, 0.1) is 5.56 Å². The number of amides is 1. The van der Waals surface area contributed by atoms with Crippen LogP contribution in [0.1, 0.15) is 16.1 Å². The zero-order valence-corrected chi connectivity index (χ0v) is 12.8. The summed E-state index contributed by atoms with van der Waals surface area (Å²) in [6.45, 7) is 1.79. The third kappa shape index (κ3) is 2.61. The number of fused-ring (bicyclic) bond motifs is 1. The van der Waals surface area contributed by atoms with Crippen molar-refractivity contribution in [2.45, 2.75) is 6.92 Å². The number of nitrogens with zero attached hydrogens (tertiary/aromatic N) is 1. The lowest BCUT2D eigenvalue weighted by molar-refractivity contribution is -0.112. The van der Waals surface area contributed by atoms with Gasteiger partial charge >= 0.3 is 0 Å². The summed E-state index contributed by atoms with van der Waals surface area (Å²) in [5, 5.41) is 3.17. The van der Waals surface area contributed by atoms with Crippen molar-refractivity contribution < 1.29 is 14.0 Å². The molecule has 3 aromatic rings. The van der Waals surface area contributed by atoms with Crippen molar-refractivity contribution in [3.05, 3.63) is 65.6 Å². The van der Waals surface area contributed by atoms with Crippen molar-refractivity contribution in [2.24, 2.45) is 7.05 Å². The van der Waals surface area contributed by atoms with Crippen molar-refractivity contribution in [3.63, 3.8) is 0 Å². The lowest BCUT2D eigenvalue weighted by atomic mass is 10.1. The number of hydrogen-bond acceptors (Lipinski definition) is 2. The van der Waals surface area contributed by atoms with Gasteiger partial charge in [-0.15, -0.1) is 0 Å². The van der Waals surface area contributed by atoms with Crippen LogP contribution in [0.25, 0.3) is 10.9 Å². The Hall–Kier alpha value is -2.95. The number of hydrogen-bond donors (Lipinski definition) is 1. The fraction of sp³-hybridized carbons (Fsp3) is 0.111. The number of rotatable bonds is 3. The number of nitrogens with one attached hydrogen (secondary N) is 1. The fourth-order valence-electron chi connectivity index (χ4n) is 2.68. The molecule has 0 fully saturated rings. The van der Waals surface area contributed by atoms with Gasteiger partial charge in [0.1, 0.15) is 5.82 Å². The quantitative estimate of drug-likeness (QED) is 0.595. The molecule has 0 atom stereocenters. The first kappa shape index (κ1) is 15.0. The molecular formula is C18H15FN2O2. The van der Waals surface area contributed by atoms with Gasteiger partial charge in [-0.3, -0.25) is 9.59 Å². The van der Waals surface area contributed by atoms with E-state index in [4.69, 9.17) is 0 Å². The normalized spacial score (nSPS) is 10.7. The number of para-hydroxylation sites is 1. The van der Waals surface area contributed by atoms with Crippen LogP contribution in [-0.4, -0.2) is 16.3 Å². The number of ketones is 1. The summed E-state index contributed by atoms with van der Waals surface area (Å²) >= 11 is 0. The Bertz CT molecular complexity index is 928. The molecule has 23 heavy (non-hydrogen) atoms. The summed E-state index contributed by atoms with van der Waals surface area (Å²) in [4.78, 5) is 24.8. The number of halogens is 1. The van der Waals surface area contributed by atoms with Crippen LogP contribution in [0.5, 0.6) is 0 Å². The summed E-state index contributed by atoms with van der Waals surface area (Å²) in [5.74, 6) is -1.89. The highest BCUT2D eigenvalue weighted by molar-refractivity contribution is 6.48. The molecule has 0 aliphatic carbocycles. The van der Waals surface area contributed by atoms with Gasteiger partial charge in [0, 0.05) is 29.3 Å². The molecule has 1 heterocycles. The zero-order chi connectivity index (χ0) is 16.6. The molecule has 5 heteroatoms. The van der Waals surface area contributed by atoms with E-state index in [0.717, 1.165) is 10.9 Å². The van der Waals surface area contributed by atoms with E-state index >= 15 is 0 Å². The zero-order valence-electron chi connectivity index (χ0n) is 12.8. The van der Waals surface area contributed by atoms with E-state index in [2.05, 4.69) is 5.32 Å². The fourth-order valence-corrected chi connectivity index (χ4v) is 2.68. The molecule has 0 unspecified atom stereocenters. The molecule has 116 valence electrons. The molecule has 0 saturated heterocycles. The summed E-state index contributed by atoms with van der Waals surface area (Å²) in [7, 11) is 1.85. The number of Topliss-reactive ketones (excluding diaryl/α,β-unsaturated/α-hetero) is 1. The molecule has 1 amide bonds. The van der Waals surface area contributed by atoms with E-state index in [1.165, 1.54) is 24.3 Å². The minimum Gasteiger partial charge on any atom is -0.347 e. The number of anilines is 1. The lowest BCUT2D eigenvalue weighted by Crippen LogP contribution is -2.23. The van der Waals surface area contributed by atoms with Crippen LogP contribution in [-0.2, 0) is 11.8 Å². The molecule has 0 spiro atoms. The number of aromatic nitrogens is 1. The van der Waals surface area contributed by atoms with Crippen LogP contribution in [0.2, 0.25) is 0 Å². The maximum atomic E-state index is 13.2. The number of carbonyl (C=O) groups is 2. The second-order valence-corrected chi connectivity index (χ2v) is 5.33. The standard InChI is InChI=1S/C18H15FN2O2/c1-11-16(14-8-3-4-9-15(14)21(11)2)17(22)18(23)20-13-7-5-6-12(19)10-13/h3-10H,1-2H3,(H,20,23). The largest absolute Gasteiger partial charge is 0.347 e. The van der Waals surface area contributed by atoms with Crippen molar-refractivity contribution in [1.82, 2.24) is 4.57 Å². The monoisotopic (exact) mass is 310 g/mol. The van der Waals surface area contributed by atoms with Gasteiger partial charge in [-0.25, -0.2) is 4.39 Å². The van der Waals surface area contributed by atoms with E-state index in [0.29, 0.717) is 11.3 Å². The summed E-state index contributed by atoms with van der Waals surface area (Å²) in [5.41, 5.74) is 2.22. The van der Waals surface area contributed by atoms with Crippen LogP contribution >= 0.6 is 0 Å². The second-order valence-electron chi connectivity index (χ2n) is 5.33. The minimum atomic E-state index is -0.782. The summed E-state index contributed by atoms with van der Waals surface area (Å²) in [6.07, 6.45) is 0. The maximum Gasteiger partial charge on any atom is 0.296 e. The van der Waals surface area contributed by atoms with Crippen LogP contribution in [0, 0.1) is 12.7 Å². The van der Waals surface area contributed by atoms with E-state index in [-0.39, 0.29) is 5.69 Å². The smallest absolute Gasteiger partial charge is 0.296 e. The number of benzene rings is 2. The first-order chi connectivity index (χ1) is 11.0. The molecule has 4 nitrogen and oxygen atoms in total. The molecule has 1 aromatic heterocycles. The van der Waals surface area contributed by atoms with Crippen molar-refractivity contribution in [2.75, 3.05) is 5.32 Å². The van der Waals surface area contributed by atoms with Crippen LogP contribution in [0.15, 0.2) is 48.5 Å². The number of carbonyl (C=O) groups excluding carboxylic acids is 2. The Kier molecular flexibility index (Phi) is 3.70. The highest BCUT2D eigenvalue weighted by Crippen LogP contribution is 2.25. The Morgan fingerprint density at radius 3 is 2.57 bits per heavy atom. The predicted octanol–water partition coefficient (Wildman–Crippen LogP) is 3.45. The Morgan fingerprint density at radius 1 is 1.09 bits per heavy atom. The molecule has 0 bridgehead atoms. The van der Waals surface area contributed by atoms with Crippen LogP contribution in [0.3, 0.4) is 0 Å². The molecule has 0 aliphatic heterocycles. The van der Waals surface area contributed by atoms with Gasteiger partial charge in [0.15, 0.2) is 0 Å². The molecule has 2 aromatic carbocycles. The van der Waals surface area contributed by atoms with E-state index < -0.39 is 17.5 Å². The van der Waals surface area contributed by atoms with Crippen molar-refractivity contribution >= 4 is 28.3 Å². The predicted molar refractivity (Wildman–Crippen MR) is 87.0 cm³/mol.